The molecule has 0 spiro atoms. The maximum Gasteiger partial charge on any atom is 0.421 e. The molecule has 0 radical (unpaired) electrons. The minimum atomic E-state index is -4.71. The van der Waals surface area contributed by atoms with Crippen LogP contribution in [0.1, 0.15) is 18.9 Å². The van der Waals surface area contributed by atoms with Gasteiger partial charge in [-0.2, -0.15) is 13.2 Å². The van der Waals surface area contributed by atoms with Crippen molar-refractivity contribution in [3.8, 4) is 0 Å². The lowest BCUT2D eigenvalue weighted by Gasteiger charge is -2.31. The van der Waals surface area contributed by atoms with E-state index in [0.29, 0.717) is 0 Å². The van der Waals surface area contributed by atoms with Crippen molar-refractivity contribution < 1.29 is 18.3 Å². The Morgan fingerprint density at radius 1 is 1.25 bits per heavy atom. The van der Waals surface area contributed by atoms with Crippen molar-refractivity contribution in [3.63, 3.8) is 0 Å². The standard InChI is InChI=1S/C12H13F3O/c1-9(2)8-11(16,12(13,14)15)10-6-4-3-5-7-10/h3-7,16H,1,8H2,2H3/t11-/m1/s1. The van der Waals surface area contributed by atoms with Crippen LogP contribution in [-0.4, -0.2) is 11.3 Å². The highest BCUT2D eigenvalue weighted by Gasteiger charge is 2.54. The van der Waals surface area contributed by atoms with Crippen LogP contribution in [0.4, 0.5) is 13.2 Å². The Balaban J connectivity index is 3.21. The van der Waals surface area contributed by atoms with Gasteiger partial charge < -0.3 is 5.11 Å². The Hall–Kier alpha value is -1.29. The Labute approximate surface area is 92.2 Å². The van der Waals surface area contributed by atoms with E-state index in [1.807, 2.05) is 0 Å². The molecule has 0 bridgehead atoms. The van der Waals surface area contributed by atoms with Crippen molar-refractivity contribution in [1.82, 2.24) is 0 Å². The molecule has 1 aromatic rings. The summed E-state index contributed by atoms with van der Waals surface area (Å²) in [7, 11) is 0. The average Bonchev–Trinajstić information content (AvgIpc) is 2.16. The fraction of sp³-hybridized carbons (Fsp3) is 0.333. The first-order valence-corrected chi connectivity index (χ1v) is 4.76. The molecule has 0 heterocycles. The lowest BCUT2D eigenvalue weighted by Crippen LogP contribution is -2.42. The van der Waals surface area contributed by atoms with Crippen molar-refractivity contribution >= 4 is 0 Å². The number of halogens is 3. The normalized spacial score (nSPS) is 15.6. The van der Waals surface area contributed by atoms with Crippen LogP contribution in [0.15, 0.2) is 42.5 Å². The van der Waals surface area contributed by atoms with E-state index in [2.05, 4.69) is 6.58 Å². The highest BCUT2D eigenvalue weighted by atomic mass is 19.4. The van der Waals surface area contributed by atoms with E-state index in [1.54, 1.807) is 6.07 Å². The summed E-state index contributed by atoms with van der Waals surface area (Å²) in [4.78, 5) is 0. The zero-order chi connectivity index (χ0) is 12.4. The highest BCUT2D eigenvalue weighted by Crippen LogP contribution is 2.42. The van der Waals surface area contributed by atoms with Gasteiger partial charge in [-0.15, -0.1) is 6.58 Å². The van der Waals surface area contributed by atoms with Gasteiger partial charge in [0.25, 0.3) is 0 Å². The molecule has 0 unspecified atom stereocenters. The molecule has 1 nitrogen and oxygen atoms in total. The van der Waals surface area contributed by atoms with Crippen molar-refractivity contribution in [3.05, 3.63) is 48.0 Å². The second kappa shape index (κ2) is 4.29. The van der Waals surface area contributed by atoms with E-state index < -0.39 is 18.2 Å². The van der Waals surface area contributed by atoms with Crippen LogP contribution in [0, 0.1) is 0 Å². The number of hydrogen-bond donors (Lipinski definition) is 1. The van der Waals surface area contributed by atoms with E-state index in [1.165, 1.54) is 31.2 Å². The third-order valence-electron chi connectivity index (χ3n) is 2.28. The molecular formula is C12H13F3O. The number of benzene rings is 1. The van der Waals surface area contributed by atoms with Gasteiger partial charge in [0.15, 0.2) is 5.60 Å². The van der Waals surface area contributed by atoms with Gasteiger partial charge in [0, 0.05) is 6.42 Å². The van der Waals surface area contributed by atoms with Gasteiger partial charge in [-0.05, 0) is 12.5 Å². The molecule has 4 heteroatoms. The molecule has 0 aliphatic heterocycles. The van der Waals surface area contributed by atoms with Gasteiger partial charge in [-0.25, -0.2) is 0 Å². The van der Waals surface area contributed by atoms with Crippen LogP contribution >= 0.6 is 0 Å². The molecule has 88 valence electrons. The molecule has 0 aliphatic carbocycles. The SMILES string of the molecule is C=C(C)C[C@@](O)(c1ccccc1)C(F)(F)F. The minimum Gasteiger partial charge on any atom is -0.376 e. The smallest absolute Gasteiger partial charge is 0.376 e. The van der Waals surface area contributed by atoms with Crippen LogP contribution < -0.4 is 0 Å². The number of alkyl halides is 3. The van der Waals surface area contributed by atoms with Gasteiger partial charge in [0.1, 0.15) is 0 Å². The average molecular weight is 230 g/mol. The summed E-state index contributed by atoms with van der Waals surface area (Å²) in [6.07, 6.45) is -5.24. The van der Waals surface area contributed by atoms with Gasteiger partial charge >= 0.3 is 6.18 Å². The van der Waals surface area contributed by atoms with Crippen LogP contribution in [0.2, 0.25) is 0 Å². The summed E-state index contributed by atoms with van der Waals surface area (Å²) >= 11 is 0. The minimum absolute atomic E-state index is 0.162. The molecule has 16 heavy (non-hydrogen) atoms. The topological polar surface area (TPSA) is 20.2 Å². The second-order valence-corrected chi connectivity index (χ2v) is 3.86. The zero-order valence-corrected chi connectivity index (χ0v) is 8.88. The van der Waals surface area contributed by atoms with Crippen molar-refractivity contribution in [2.45, 2.75) is 25.1 Å². The molecule has 0 amide bonds. The predicted octanol–water partition coefficient (Wildman–Crippen LogP) is 3.40. The molecule has 0 saturated carbocycles. The maximum absolute atomic E-state index is 12.9. The molecule has 1 rings (SSSR count). The summed E-state index contributed by atoms with van der Waals surface area (Å²) in [5.41, 5.74) is -2.73. The Morgan fingerprint density at radius 2 is 1.75 bits per heavy atom. The van der Waals surface area contributed by atoms with E-state index in [-0.39, 0.29) is 11.1 Å². The van der Waals surface area contributed by atoms with Crippen LogP contribution in [0.25, 0.3) is 0 Å². The molecule has 1 N–H and O–H groups in total. The quantitative estimate of drug-likeness (QED) is 0.789. The molecule has 1 atom stereocenters. The van der Waals surface area contributed by atoms with Gasteiger partial charge in [-0.1, -0.05) is 35.9 Å². The highest BCUT2D eigenvalue weighted by molar-refractivity contribution is 5.26. The molecule has 0 saturated heterocycles. The maximum atomic E-state index is 12.9. The molecular weight excluding hydrogens is 217 g/mol. The Kier molecular flexibility index (Phi) is 3.43. The largest absolute Gasteiger partial charge is 0.421 e. The Morgan fingerprint density at radius 3 is 2.12 bits per heavy atom. The first-order chi connectivity index (χ1) is 7.27. The zero-order valence-electron chi connectivity index (χ0n) is 8.88. The van der Waals surface area contributed by atoms with Crippen LogP contribution in [0.5, 0.6) is 0 Å². The van der Waals surface area contributed by atoms with Crippen molar-refractivity contribution in [2.75, 3.05) is 0 Å². The van der Waals surface area contributed by atoms with Crippen molar-refractivity contribution in [1.29, 1.82) is 0 Å². The van der Waals surface area contributed by atoms with E-state index >= 15 is 0 Å². The third-order valence-corrected chi connectivity index (χ3v) is 2.28. The molecule has 0 aromatic heterocycles. The first-order valence-electron chi connectivity index (χ1n) is 4.76. The van der Waals surface area contributed by atoms with Gasteiger partial charge in [-0.3, -0.25) is 0 Å². The van der Waals surface area contributed by atoms with Gasteiger partial charge in [0.2, 0.25) is 0 Å². The Bertz CT molecular complexity index is 370. The predicted molar refractivity (Wildman–Crippen MR) is 55.8 cm³/mol. The second-order valence-electron chi connectivity index (χ2n) is 3.86. The fourth-order valence-corrected chi connectivity index (χ4v) is 1.52. The fourth-order valence-electron chi connectivity index (χ4n) is 1.52. The van der Waals surface area contributed by atoms with Gasteiger partial charge in [0.05, 0.1) is 0 Å². The molecule has 0 fully saturated rings. The first kappa shape index (κ1) is 12.8. The third kappa shape index (κ3) is 2.44. The number of aliphatic hydroxyl groups is 1. The number of rotatable bonds is 3. The summed E-state index contributed by atoms with van der Waals surface area (Å²) in [5.74, 6) is 0. The summed E-state index contributed by atoms with van der Waals surface area (Å²) in [6, 6.07) is 7.04. The lowest BCUT2D eigenvalue weighted by atomic mass is 9.87. The van der Waals surface area contributed by atoms with E-state index in [0.717, 1.165) is 0 Å². The molecule has 0 aliphatic rings. The van der Waals surface area contributed by atoms with Crippen LogP contribution in [-0.2, 0) is 5.60 Å². The van der Waals surface area contributed by atoms with Crippen molar-refractivity contribution in [2.24, 2.45) is 0 Å². The summed E-state index contributed by atoms with van der Waals surface area (Å²) < 4.78 is 38.6. The lowest BCUT2D eigenvalue weighted by molar-refractivity contribution is -0.266. The van der Waals surface area contributed by atoms with Crippen LogP contribution in [0.3, 0.4) is 0 Å². The summed E-state index contributed by atoms with van der Waals surface area (Å²) in [6.45, 7) is 4.88. The van der Waals surface area contributed by atoms with E-state index in [4.69, 9.17) is 0 Å². The monoisotopic (exact) mass is 230 g/mol. The van der Waals surface area contributed by atoms with E-state index in [9.17, 15) is 18.3 Å². The summed E-state index contributed by atoms with van der Waals surface area (Å²) in [5, 5.41) is 9.80. The molecule has 1 aromatic carbocycles. The number of hydrogen-bond acceptors (Lipinski definition) is 1.